The monoisotopic (exact) mass is 442 g/mol. The third-order valence-electron chi connectivity index (χ3n) is 5.08. The van der Waals surface area contributed by atoms with Crippen LogP contribution in [0.5, 0.6) is 0 Å². The summed E-state index contributed by atoms with van der Waals surface area (Å²) in [5.41, 5.74) is 4.44. The van der Waals surface area contributed by atoms with Crippen LogP contribution in [0.4, 0.5) is 11.5 Å². The van der Waals surface area contributed by atoms with E-state index in [4.69, 9.17) is 23.2 Å². The van der Waals surface area contributed by atoms with Crippen molar-refractivity contribution in [3.05, 3.63) is 63.8 Å². The average Bonchev–Trinajstić information content (AvgIpc) is 3.21. The van der Waals surface area contributed by atoms with Gasteiger partial charge in [-0.2, -0.15) is 5.10 Å². The summed E-state index contributed by atoms with van der Waals surface area (Å²) in [6.45, 7) is 4.04. The Balaban J connectivity index is 1.60. The van der Waals surface area contributed by atoms with E-state index in [-0.39, 0.29) is 18.2 Å². The summed E-state index contributed by atoms with van der Waals surface area (Å²) in [6.07, 6.45) is 0.665. The predicted octanol–water partition coefficient (Wildman–Crippen LogP) is 5.25. The molecule has 1 aliphatic heterocycles. The maximum absolute atomic E-state index is 12.6. The number of nitrogens with zero attached hydrogens (tertiary/aromatic N) is 2. The molecule has 0 fully saturated rings. The maximum atomic E-state index is 12.6. The van der Waals surface area contributed by atoms with Gasteiger partial charge in [0.15, 0.2) is 0 Å². The number of carbonyl (C=O) groups is 2. The fourth-order valence-electron chi connectivity index (χ4n) is 3.55. The molecule has 0 bridgehead atoms. The Hall–Kier alpha value is -2.83. The van der Waals surface area contributed by atoms with Crippen LogP contribution in [0.2, 0.25) is 10.0 Å². The second-order valence-electron chi connectivity index (χ2n) is 7.22. The van der Waals surface area contributed by atoms with E-state index in [1.807, 2.05) is 38.1 Å². The van der Waals surface area contributed by atoms with E-state index in [2.05, 4.69) is 15.7 Å². The molecule has 0 radical (unpaired) electrons. The fraction of sp³-hybridized carbons (Fsp3) is 0.227. The first-order valence-corrected chi connectivity index (χ1v) is 10.4. The van der Waals surface area contributed by atoms with Gasteiger partial charge >= 0.3 is 0 Å². The van der Waals surface area contributed by atoms with Crippen molar-refractivity contribution in [3.63, 3.8) is 0 Å². The first-order valence-electron chi connectivity index (χ1n) is 9.61. The summed E-state index contributed by atoms with van der Waals surface area (Å²) in [6, 6.07) is 12.2. The molecule has 2 aromatic carbocycles. The van der Waals surface area contributed by atoms with Gasteiger partial charge in [0, 0.05) is 11.3 Å². The van der Waals surface area contributed by atoms with Gasteiger partial charge < -0.3 is 10.6 Å². The molecule has 4 rings (SSSR count). The highest BCUT2D eigenvalue weighted by atomic mass is 35.5. The van der Waals surface area contributed by atoms with Gasteiger partial charge in [-0.1, -0.05) is 60.0 Å². The van der Waals surface area contributed by atoms with Crippen molar-refractivity contribution in [2.75, 3.05) is 10.6 Å². The molecule has 6 nitrogen and oxygen atoms in total. The third-order valence-corrected chi connectivity index (χ3v) is 5.82. The molecule has 0 saturated carbocycles. The Morgan fingerprint density at radius 3 is 2.57 bits per heavy atom. The van der Waals surface area contributed by atoms with Gasteiger partial charge in [0.05, 0.1) is 22.2 Å². The number of amides is 2. The molecule has 30 heavy (non-hydrogen) atoms. The third kappa shape index (κ3) is 3.80. The summed E-state index contributed by atoms with van der Waals surface area (Å²) < 4.78 is 1.63. The lowest BCUT2D eigenvalue weighted by atomic mass is 10.0. The molecule has 8 heteroatoms. The van der Waals surface area contributed by atoms with Crippen molar-refractivity contribution in [2.45, 2.75) is 32.7 Å². The van der Waals surface area contributed by atoms with Gasteiger partial charge in [0.25, 0.3) is 5.91 Å². The number of nitrogens with one attached hydrogen (secondary N) is 2. The lowest BCUT2D eigenvalue weighted by Crippen LogP contribution is -2.24. The van der Waals surface area contributed by atoms with Crippen LogP contribution < -0.4 is 10.6 Å². The second kappa shape index (κ2) is 8.13. The Bertz CT molecular complexity index is 1140. The van der Waals surface area contributed by atoms with E-state index in [1.165, 1.54) is 0 Å². The number of halogens is 2. The van der Waals surface area contributed by atoms with Crippen molar-refractivity contribution in [1.82, 2.24) is 9.78 Å². The minimum Gasteiger partial charge on any atom is -0.326 e. The molecule has 2 heterocycles. The number of anilines is 2. The van der Waals surface area contributed by atoms with Gasteiger partial charge in [0.2, 0.25) is 5.91 Å². The molecule has 0 spiro atoms. The number of aryl methyl sites for hydroxylation is 2. The van der Waals surface area contributed by atoms with Crippen molar-refractivity contribution in [3.8, 4) is 11.1 Å². The van der Waals surface area contributed by atoms with Crippen molar-refractivity contribution in [2.24, 2.45) is 0 Å². The van der Waals surface area contributed by atoms with Gasteiger partial charge in [-0.25, -0.2) is 4.68 Å². The van der Waals surface area contributed by atoms with Gasteiger partial charge in [-0.3, -0.25) is 9.59 Å². The highest BCUT2D eigenvalue weighted by molar-refractivity contribution is 6.42. The van der Waals surface area contributed by atoms with Crippen molar-refractivity contribution < 1.29 is 9.59 Å². The minimum atomic E-state index is -0.715. The standard InChI is InChI=1S/C22H20Cl2N4O2/c1-3-17-20(13-6-4-12(2)5-7-13)21-26-22(30)18(28(21)27-17)11-19(29)25-14-8-9-15(23)16(24)10-14/h4-10,18H,3,11H2,1-2H3,(H,25,29)(H,26,30). The van der Waals surface area contributed by atoms with Crippen molar-refractivity contribution >= 4 is 46.5 Å². The summed E-state index contributed by atoms with van der Waals surface area (Å²) >= 11 is 11.9. The number of benzene rings is 2. The highest BCUT2D eigenvalue weighted by Gasteiger charge is 2.36. The lowest BCUT2D eigenvalue weighted by molar-refractivity contribution is -0.123. The zero-order valence-electron chi connectivity index (χ0n) is 16.5. The van der Waals surface area contributed by atoms with Gasteiger partial charge in [-0.05, 0) is 37.1 Å². The fourth-order valence-corrected chi connectivity index (χ4v) is 3.85. The Kier molecular flexibility index (Phi) is 5.54. The van der Waals surface area contributed by atoms with E-state index >= 15 is 0 Å². The van der Waals surface area contributed by atoms with Crippen LogP contribution in [0, 0.1) is 6.92 Å². The molecule has 2 amide bonds. The van der Waals surface area contributed by atoms with E-state index in [0.29, 0.717) is 28.0 Å². The van der Waals surface area contributed by atoms with E-state index in [0.717, 1.165) is 22.4 Å². The quantitative estimate of drug-likeness (QED) is 0.566. The van der Waals surface area contributed by atoms with Crippen LogP contribution in [0.3, 0.4) is 0 Å². The summed E-state index contributed by atoms with van der Waals surface area (Å²) in [4.78, 5) is 25.2. The molecule has 0 saturated heterocycles. The number of hydrogen-bond donors (Lipinski definition) is 2. The second-order valence-corrected chi connectivity index (χ2v) is 8.04. The molecule has 0 aliphatic carbocycles. The van der Waals surface area contributed by atoms with Crippen LogP contribution in [0.1, 0.15) is 30.6 Å². The number of hydrogen-bond acceptors (Lipinski definition) is 3. The van der Waals surface area contributed by atoms with Crippen LogP contribution in [-0.4, -0.2) is 21.6 Å². The van der Waals surface area contributed by atoms with Crippen LogP contribution >= 0.6 is 23.2 Å². The predicted molar refractivity (Wildman–Crippen MR) is 119 cm³/mol. The van der Waals surface area contributed by atoms with Gasteiger partial charge in [0.1, 0.15) is 11.9 Å². The molecular weight excluding hydrogens is 423 g/mol. The molecule has 1 unspecified atom stereocenters. The largest absolute Gasteiger partial charge is 0.326 e. The topological polar surface area (TPSA) is 76.0 Å². The first kappa shape index (κ1) is 20.4. The smallest absolute Gasteiger partial charge is 0.251 e. The highest BCUT2D eigenvalue weighted by Crippen LogP contribution is 2.39. The normalized spacial score (nSPS) is 15.1. The maximum Gasteiger partial charge on any atom is 0.251 e. The number of aromatic nitrogens is 2. The molecule has 154 valence electrons. The summed E-state index contributed by atoms with van der Waals surface area (Å²) in [7, 11) is 0. The van der Waals surface area contributed by atoms with E-state index in [9.17, 15) is 9.59 Å². The zero-order chi connectivity index (χ0) is 21.4. The summed E-state index contributed by atoms with van der Waals surface area (Å²) in [5, 5.41) is 11.1. The lowest BCUT2D eigenvalue weighted by Gasteiger charge is -2.10. The molecule has 1 aromatic heterocycles. The van der Waals surface area contributed by atoms with Crippen LogP contribution in [-0.2, 0) is 16.0 Å². The average molecular weight is 443 g/mol. The van der Waals surface area contributed by atoms with E-state index in [1.54, 1.807) is 22.9 Å². The zero-order valence-corrected chi connectivity index (χ0v) is 18.0. The number of carbonyl (C=O) groups excluding carboxylic acids is 2. The number of rotatable bonds is 5. The summed E-state index contributed by atoms with van der Waals surface area (Å²) in [5.74, 6) is 0.0673. The molecule has 1 atom stereocenters. The van der Waals surface area contributed by atoms with Crippen LogP contribution in [0.15, 0.2) is 42.5 Å². The Morgan fingerprint density at radius 1 is 1.17 bits per heavy atom. The minimum absolute atomic E-state index is 0.0444. The van der Waals surface area contributed by atoms with Crippen LogP contribution in [0.25, 0.3) is 11.1 Å². The van der Waals surface area contributed by atoms with Gasteiger partial charge in [-0.15, -0.1) is 0 Å². The van der Waals surface area contributed by atoms with Crippen molar-refractivity contribution in [1.29, 1.82) is 0 Å². The first-order chi connectivity index (χ1) is 14.4. The Morgan fingerprint density at radius 2 is 1.90 bits per heavy atom. The molecule has 2 N–H and O–H groups in total. The molecular formula is C22H20Cl2N4O2. The molecule has 3 aromatic rings. The number of fused-ring (bicyclic) bond motifs is 1. The SMILES string of the molecule is CCc1nn2c(c1-c1ccc(C)cc1)NC(=O)C2CC(=O)Nc1ccc(Cl)c(Cl)c1. The Labute approximate surface area is 184 Å². The molecule has 1 aliphatic rings. The van der Waals surface area contributed by atoms with E-state index < -0.39 is 6.04 Å².